The van der Waals surface area contributed by atoms with Crippen molar-refractivity contribution in [3.8, 4) is 0 Å². The van der Waals surface area contributed by atoms with Crippen LogP contribution in [0.2, 0.25) is 0 Å². The van der Waals surface area contributed by atoms with Gasteiger partial charge in [0.15, 0.2) is 11.6 Å². The van der Waals surface area contributed by atoms with Crippen LogP contribution in [0, 0.1) is 10.1 Å². The molecule has 0 spiro atoms. The Morgan fingerprint density at radius 3 is 2.44 bits per heavy atom. The Kier molecular flexibility index (Phi) is 3.83. The van der Waals surface area contributed by atoms with Crippen molar-refractivity contribution < 1.29 is 14.1 Å². The minimum atomic E-state index is -0.654. The summed E-state index contributed by atoms with van der Waals surface area (Å²) in [7, 11) is 0. The molecule has 1 amide bonds. The summed E-state index contributed by atoms with van der Waals surface area (Å²) in [4.78, 5) is 26.1. The first kappa shape index (κ1) is 15.6. The number of nitrogens with zero attached hydrogens (tertiary/aromatic N) is 5. The van der Waals surface area contributed by atoms with Gasteiger partial charge in [-0.3, -0.25) is 14.9 Å². The van der Waals surface area contributed by atoms with Crippen molar-refractivity contribution in [2.45, 2.75) is 18.8 Å². The molecular weight excluding hydrogens is 326 g/mol. The minimum absolute atomic E-state index is 0.00581. The number of furan rings is 1. The highest BCUT2D eigenvalue weighted by molar-refractivity contribution is 5.92. The normalized spacial score (nSPS) is 17.6. The summed E-state index contributed by atoms with van der Waals surface area (Å²) >= 11 is 0. The van der Waals surface area contributed by atoms with Crippen LogP contribution in [0.15, 0.2) is 28.7 Å². The van der Waals surface area contributed by atoms with E-state index < -0.39 is 10.8 Å². The maximum atomic E-state index is 12.4. The van der Waals surface area contributed by atoms with Crippen LogP contribution in [0.4, 0.5) is 11.7 Å². The lowest BCUT2D eigenvalue weighted by molar-refractivity contribution is -0.402. The Morgan fingerprint density at radius 1 is 1.12 bits per heavy atom. The molecule has 0 atom stereocenters. The van der Waals surface area contributed by atoms with E-state index in [9.17, 15) is 14.9 Å². The van der Waals surface area contributed by atoms with E-state index in [4.69, 9.17) is 4.42 Å². The molecule has 0 aromatic carbocycles. The molecule has 4 rings (SSSR count). The van der Waals surface area contributed by atoms with Crippen molar-refractivity contribution in [2.24, 2.45) is 0 Å². The van der Waals surface area contributed by atoms with Crippen molar-refractivity contribution in [3.63, 3.8) is 0 Å². The Bertz CT molecular complexity index is 791. The Labute approximate surface area is 143 Å². The van der Waals surface area contributed by atoms with Gasteiger partial charge in [-0.15, -0.1) is 5.10 Å². The van der Waals surface area contributed by atoms with Gasteiger partial charge < -0.3 is 14.2 Å². The fourth-order valence-corrected chi connectivity index (χ4v) is 2.94. The average molecular weight is 343 g/mol. The lowest BCUT2D eigenvalue weighted by Crippen LogP contribution is -2.49. The van der Waals surface area contributed by atoms with Gasteiger partial charge in [0.2, 0.25) is 0 Å². The van der Waals surface area contributed by atoms with E-state index in [1.54, 1.807) is 4.90 Å². The van der Waals surface area contributed by atoms with E-state index in [0.29, 0.717) is 32.1 Å². The van der Waals surface area contributed by atoms with Crippen LogP contribution in [0.5, 0.6) is 0 Å². The number of rotatable bonds is 4. The molecule has 1 aliphatic heterocycles. The van der Waals surface area contributed by atoms with Gasteiger partial charge >= 0.3 is 5.88 Å². The Balaban J connectivity index is 1.37. The number of piperazine rings is 1. The second-order valence-corrected chi connectivity index (χ2v) is 6.26. The molecule has 0 N–H and O–H groups in total. The van der Waals surface area contributed by atoms with Gasteiger partial charge in [0.05, 0.1) is 11.8 Å². The monoisotopic (exact) mass is 343 g/mol. The van der Waals surface area contributed by atoms with Gasteiger partial charge in [-0.05, 0) is 31.0 Å². The van der Waals surface area contributed by atoms with E-state index in [0.717, 1.165) is 11.5 Å². The largest absolute Gasteiger partial charge is 0.433 e. The van der Waals surface area contributed by atoms with E-state index in [1.807, 2.05) is 12.1 Å². The fraction of sp³-hybridized carbons (Fsp3) is 0.438. The van der Waals surface area contributed by atoms with Crippen LogP contribution in [-0.4, -0.2) is 52.1 Å². The third-order valence-electron chi connectivity index (χ3n) is 4.54. The predicted octanol–water partition coefficient (Wildman–Crippen LogP) is 1.82. The number of anilines is 1. The second-order valence-electron chi connectivity index (χ2n) is 6.26. The summed E-state index contributed by atoms with van der Waals surface area (Å²) < 4.78 is 4.99. The third-order valence-corrected chi connectivity index (χ3v) is 4.54. The van der Waals surface area contributed by atoms with Crippen molar-refractivity contribution in [1.82, 2.24) is 15.1 Å². The average Bonchev–Trinajstić information content (AvgIpc) is 3.37. The predicted molar refractivity (Wildman–Crippen MR) is 87.5 cm³/mol. The molecule has 25 heavy (non-hydrogen) atoms. The number of aromatic nitrogens is 2. The topological polar surface area (TPSA) is 106 Å². The summed E-state index contributed by atoms with van der Waals surface area (Å²) in [5.41, 5.74) is 1.05. The number of hydrogen-bond acceptors (Lipinski definition) is 7. The van der Waals surface area contributed by atoms with E-state index >= 15 is 0 Å². The fourth-order valence-electron chi connectivity index (χ4n) is 2.94. The number of carbonyl (C=O) groups excluding carboxylic acids is 1. The van der Waals surface area contributed by atoms with Gasteiger partial charge in [0.25, 0.3) is 5.91 Å². The van der Waals surface area contributed by atoms with Crippen LogP contribution in [0.3, 0.4) is 0 Å². The molecule has 130 valence electrons. The first-order valence-electron chi connectivity index (χ1n) is 8.24. The lowest BCUT2D eigenvalue weighted by atomic mass is 10.2. The molecule has 2 aliphatic rings. The molecule has 2 fully saturated rings. The van der Waals surface area contributed by atoms with Gasteiger partial charge in [0, 0.05) is 32.1 Å². The highest BCUT2D eigenvalue weighted by Gasteiger charge is 2.28. The summed E-state index contributed by atoms with van der Waals surface area (Å²) in [6, 6.07) is 6.54. The molecule has 2 aromatic heterocycles. The third kappa shape index (κ3) is 3.17. The Hall–Kier alpha value is -2.97. The molecule has 0 radical (unpaired) electrons. The molecule has 2 aromatic rings. The molecule has 3 heterocycles. The number of nitro groups is 1. The number of amides is 1. The van der Waals surface area contributed by atoms with E-state index in [-0.39, 0.29) is 11.7 Å². The highest BCUT2D eigenvalue weighted by Crippen LogP contribution is 2.38. The molecule has 0 bridgehead atoms. The molecular formula is C16H17N5O4. The summed E-state index contributed by atoms with van der Waals surface area (Å²) in [5, 5.41) is 19.2. The first-order chi connectivity index (χ1) is 12.1. The number of hydrogen-bond donors (Lipinski definition) is 0. The quantitative estimate of drug-likeness (QED) is 0.616. The smallest absolute Gasteiger partial charge is 0.395 e. The van der Waals surface area contributed by atoms with Crippen LogP contribution < -0.4 is 4.90 Å². The maximum Gasteiger partial charge on any atom is 0.433 e. The highest BCUT2D eigenvalue weighted by atomic mass is 16.6. The summed E-state index contributed by atoms with van der Waals surface area (Å²) in [5.74, 6) is 0.628. The molecule has 0 unspecified atom stereocenters. The molecule has 9 nitrogen and oxygen atoms in total. The Morgan fingerprint density at radius 2 is 1.88 bits per heavy atom. The van der Waals surface area contributed by atoms with Crippen LogP contribution in [0.1, 0.15) is 35.0 Å². The summed E-state index contributed by atoms with van der Waals surface area (Å²) in [6.07, 6.45) is 2.39. The van der Waals surface area contributed by atoms with Crippen molar-refractivity contribution >= 4 is 17.6 Å². The second kappa shape index (κ2) is 6.15. The first-order valence-corrected chi connectivity index (χ1v) is 8.24. The van der Waals surface area contributed by atoms with Crippen molar-refractivity contribution in [3.05, 3.63) is 45.8 Å². The van der Waals surface area contributed by atoms with Crippen molar-refractivity contribution in [1.29, 1.82) is 0 Å². The van der Waals surface area contributed by atoms with Gasteiger partial charge in [-0.2, -0.15) is 5.10 Å². The van der Waals surface area contributed by atoms with Gasteiger partial charge in [-0.1, -0.05) is 0 Å². The molecule has 9 heteroatoms. The molecule has 1 saturated heterocycles. The number of carbonyl (C=O) groups is 1. The lowest BCUT2D eigenvalue weighted by Gasteiger charge is -2.34. The van der Waals surface area contributed by atoms with Crippen LogP contribution >= 0.6 is 0 Å². The van der Waals surface area contributed by atoms with Crippen LogP contribution in [0.25, 0.3) is 0 Å². The maximum absolute atomic E-state index is 12.4. The zero-order valence-electron chi connectivity index (χ0n) is 13.5. The standard InChI is InChI=1S/C16H17N5O4/c22-16(13-4-6-15(25-13)21(23)24)20-9-7-19(8-10-20)14-5-3-12(17-18-14)11-1-2-11/h3-6,11H,1-2,7-10H2. The molecule has 1 aliphatic carbocycles. The van der Waals surface area contributed by atoms with E-state index in [1.165, 1.54) is 25.0 Å². The van der Waals surface area contributed by atoms with Gasteiger partial charge in [-0.25, -0.2) is 0 Å². The zero-order valence-corrected chi connectivity index (χ0v) is 13.5. The SMILES string of the molecule is O=C(c1ccc([N+](=O)[O-])o1)N1CCN(c2ccc(C3CC3)nn2)CC1. The van der Waals surface area contributed by atoms with E-state index in [2.05, 4.69) is 15.1 Å². The van der Waals surface area contributed by atoms with Crippen LogP contribution in [-0.2, 0) is 0 Å². The van der Waals surface area contributed by atoms with Gasteiger partial charge in [0.1, 0.15) is 4.92 Å². The molecule has 1 saturated carbocycles. The zero-order chi connectivity index (χ0) is 17.4. The van der Waals surface area contributed by atoms with Crippen molar-refractivity contribution in [2.75, 3.05) is 31.1 Å². The summed E-state index contributed by atoms with van der Waals surface area (Å²) in [6.45, 7) is 2.26. The minimum Gasteiger partial charge on any atom is -0.395 e.